The van der Waals surface area contributed by atoms with Crippen molar-refractivity contribution in [1.82, 2.24) is 4.90 Å². The molecule has 1 aromatic carbocycles. The Bertz CT molecular complexity index is 571. The first-order chi connectivity index (χ1) is 11.3. The summed E-state index contributed by atoms with van der Waals surface area (Å²) in [5.41, 5.74) is 1.40. The van der Waals surface area contributed by atoms with Gasteiger partial charge in [-0.05, 0) is 12.1 Å². The first-order valence-electron chi connectivity index (χ1n) is 7.76. The number of benzene rings is 1. The Labute approximate surface area is 134 Å². The summed E-state index contributed by atoms with van der Waals surface area (Å²) in [6, 6.07) is 7.40. The van der Waals surface area contributed by atoms with Crippen molar-refractivity contribution in [3.05, 3.63) is 29.8 Å². The first-order valence-corrected chi connectivity index (χ1v) is 7.76. The van der Waals surface area contributed by atoms with E-state index in [1.54, 1.807) is 6.07 Å². The molecule has 0 N–H and O–H groups in total. The normalized spacial score (nSPS) is 18.0. The molecule has 0 aromatic heterocycles. The maximum Gasteiger partial charge on any atom is 0.410 e. The van der Waals surface area contributed by atoms with Crippen molar-refractivity contribution < 1.29 is 23.8 Å². The summed E-state index contributed by atoms with van der Waals surface area (Å²) in [4.78, 5) is 27.3. The van der Waals surface area contributed by atoms with Gasteiger partial charge in [0.1, 0.15) is 13.2 Å². The minimum absolute atomic E-state index is 0.158. The van der Waals surface area contributed by atoms with Gasteiger partial charge in [-0.1, -0.05) is 12.1 Å². The molecule has 0 spiro atoms. The largest absolute Gasteiger partial charge is 0.460 e. The number of amides is 1. The van der Waals surface area contributed by atoms with Gasteiger partial charge in [0, 0.05) is 13.1 Å². The number of anilines is 1. The summed E-state index contributed by atoms with van der Waals surface area (Å²) >= 11 is 0. The number of carbonyl (C=O) groups excluding carboxylic acids is 2. The predicted molar refractivity (Wildman–Crippen MR) is 82.7 cm³/mol. The molecule has 3 rings (SSSR count). The minimum atomic E-state index is -0.375. The molecule has 7 heteroatoms. The highest BCUT2D eigenvalue weighted by atomic mass is 16.6. The Morgan fingerprint density at radius 3 is 2.65 bits per heavy atom. The molecule has 2 aliphatic rings. The molecule has 2 saturated heterocycles. The number of cyclic esters (lactones) is 1. The second kappa shape index (κ2) is 7.32. The second-order valence-corrected chi connectivity index (χ2v) is 5.35. The number of hydrogen-bond acceptors (Lipinski definition) is 6. The van der Waals surface area contributed by atoms with Crippen molar-refractivity contribution in [3.8, 4) is 0 Å². The topological polar surface area (TPSA) is 68.3 Å². The number of esters is 1. The predicted octanol–water partition coefficient (Wildman–Crippen LogP) is 1.13. The highest BCUT2D eigenvalue weighted by Crippen LogP contribution is 2.22. The molecule has 0 aliphatic carbocycles. The zero-order valence-electron chi connectivity index (χ0n) is 12.9. The van der Waals surface area contributed by atoms with Crippen LogP contribution in [0.4, 0.5) is 10.5 Å². The van der Waals surface area contributed by atoms with Crippen LogP contribution in [0.15, 0.2) is 24.3 Å². The molecule has 0 atom stereocenters. The number of carbonyl (C=O) groups is 2. The molecule has 0 unspecified atom stereocenters. The van der Waals surface area contributed by atoms with Crippen LogP contribution in [0.5, 0.6) is 0 Å². The van der Waals surface area contributed by atoms with E-state index in [9.17, 15) is 9.59 Å². The van der Waals surface area contributed by atoms with Crippen molar-refractivity contribution in [1.29, 1.82) is 0 Å². The van der Waals surface area contributed by atoms with Crippen LogP contribution in [0.1, 0.15) is 10.4 Å². The van der Waals surface area contributed by atoms with Crippen LogP contribution >= 0.6 is 0 Å². The molecule has 2 fully saturated rings. The van der Waals surface area contributed by atoms with Gasteiger partial charge in [0.05, 0.1) is 37.6 Å². The second-order valence-electron chi connectivity index (χ2n) is 5.35. The lowest BCUT2D eigenvalue weighted by Crippen LogP contribution is -2.37. The number of para-hydroxylation sites is 1. The van der Waals surface area contributed by atoms with Crippen molar-refractivity contribution in [2.24, 2.45) is 0 Å². The molecule has 2 heterocycles. The smallest absolute Gasteiger partial charge is 0.410 e. The minimum Gasteiger partial charge on any atom is -0.460 e. The van der Waals surface area contributed by atoms with Gasteiger partial charge in [0.2, 0.25) is 0 Å². The van der Waals surface area contributed by atoms with Gasteiger partial charge in [-0.15, -0.1) is 0 Å². The van der Waals surface area contributed by atoms with E-state index in [1.807, 2.05) is 18.2 Å². The van der Waals surface area contributed by atoms with E-state index in [4.69, 9.17) is 14.2 Å². The molecule has 1 amide bonds. The zero-order chi connectivity index (χ0) is 16.1. The van der Waals surface area contributed by atoms with Crippen LogP contribution in [-0.4, -0.2) is 69.6 Å². The van der Waals surface area contributed by atoms with Crippen LogP contribution < -0.4 is 4.90 Å². The first kappa shape index (κ1) is 15.6. The van der Waals surface area contributed by atoms with Gasteiger partial charge in [-0.25, -0.2) is 9.59 Å². The summed E-state index contributed by atoms with van der Waals surface area (Å²) < 4.78 is 15.5. The highest BCUT2D eigenvalue weighted by molar-refractivity contribution is 5.96. The number of hydrogen-bond donors (Lipinski definition) is 0. The molecule has 124 valence electrons. The molecular weight excluding hydrogens is 300 g/mol. The fraction of sp³-hybridized carbons (Fsp3) is 0.500. The third-order valence-electron chi connectivity index (χ3n) is 3.92. The summed E-state index contributed by atoms with van der Waals surface area (Å²) in [6.45, 7) is 4.26. The van der Waals surface area contributed by atoms with E-state index in [0.29, 0.717) is 38.5 Å². The van der Waals surface area contributed by atoms with Crippen molar-refractivity contribution in [2.45, 2.75) is 0 Å². The molecule has 2 aliphatic heterocycles. The average Bonchev–Trinajstić information content (AvgIpc) is 3.01. The highest BCUT2D eigenvalue weighted by Gasteiger charge is 2.23. The summed E-state index contributed by atoms with van der Waals surface area (Å²) in [6.07, 6.45) is -0.352. The molecule has 0 radical (unpaired) electrons. The Morgan fingerprint density at radius 2 is 1.91 bits per heavy atom. The third-order valence-corrected chi connectivity index (χ3v) is 3.92. The molecule has 0 bridgehead atoms. The summed E-state index contributed by atoms with van der Waals surface area (Å²) in [7, 11) is 0. The fourth-order valence-corrected chi connectivity index (χ4v) is 2.68. The number of morpholine rings is 1. The Kier molecular flexibility index (Phi) is 4.97. The van der Waals surface area contributed by atoms with E-state index in [2.05, 4.69) is 4.90 Å². The lowest BCUT2D eigenvalue weighted by Gasteiger charge is -2.30. The summed E-state index contributed by atoms with van der Waals surface area (Å²) in [5.74, 6) is -0.375. The van der Waals surface area contributed by atoms with Crippen LogP contribution in [-0.2, 0) is 14.2 Å². The molecule has 23 heavy (non-hydrogen) atoms. The molecule has 0 saturated carbocycles. The molecule has 7 nitrogen and oxygen atoms in total. The zero-order valence-corrected chi connectivity index (χ0v) is 12.9. The van der Waals surface area contributed by atoms with Gasteiger partial charge in [-0.2, -0.15) is 0 Å². The van der Waals surface area contributed by atoms with Gasteiger partial charge in [-0.3, -0.25) is 0 Å². The van der Waals surface area contributed by atoms with E-state index >= 15 is 0 Å². The van der Waals surface area contributed by atoms with Crippen LogP contribution in [0.2, 0.25) is 0 Å². The van der Waals surface area contributed by atoms with Gasteiger partial charge < -0.3 is 24.0 Å². The van der Waals surface area contributed by atoms with Crippen LogP contribution in [0.25, 0.3) is 0 Å². The van der Waals surface area contributed by atoms with Crippen molar-refractivity contribution in [3.63, 3.8) is 0 Å². The summed E-state index contributed by atoms with van der Waals surface area (Å²) in [5, 5.41) is 0. The molecule has 1 aromatic rings. The SMILES string of the molecule is O=C(OCCN1CCOC1=O)c1ccccc1N1CCOCC1. The quantitative estimate of drug-likeness (QED) is 0.758. The number of rotatable bonds is 5. The fourth-order valence-electron chi connectivity index (χ4n) is 2.68. The van der Waals surface area contributed by atoms with Crippen LogP contribution in [0.3, 0.4) is 0 Å². The number of ether oxygens (including phenoxy) is 3. The van der Waals surface area contributed by atoms with Gasteiger partial charge in [0.15, 0.2) is 0 Å². The Morgan fingerprint density at radius 1 is 1.13 bits per heavy atom. The van der Waals surface area contributed by atoms with Crippen molar-refractivity contribution >= 4 is 17.7 Å². The van der Waals surface area contributed by atoms with E-state index < -0.39 is 0 Å². The standard InChI is InChI=1S/C16H20N2O5/c19-15(22-11-7-18-8-12-23-16(18)20)13-3-1-2-4-14(13)17-5-9-21-10-6-17/h1-4H,5-12H2. The lowest BCUT2D eigenvalue weighted by molar-refractivity contribution is 0.0477. The monoisotopic (exact) mass is 320 g/mol. The van der Waals surface area contributed by atoms with E-state index in [1.165, 1.54) is 4.90 Å². The van der Waals surface area contributed by atoms with Gasteiger partial charge in [0.25, 0.3) is 0 Å². The molecular formula is C16H20N2O5. The number of nitrogens with zero attached hydrogens (tertiary/aromatic N) is 2. The van der Waals surface area contributed by atoms with Crippen molar-refractivity contribution in [2.75, 3.05) is 57.5 Å². The van der Waals surface area contributed by atoms with Gasteiger partial charge >= 0.3 is 12.1 Å². The van der Waals surface area contributed by atoms with Crippen LogP contribution in [0, 0.1) is 0 Å². The maximum absolute atomic E-state index is 12.3. The Balaban J connectivity index is 1.59. The lowest BCUT2D eigenvalue weighted by atomic mass is 10.1. The Hall–Kier alpha value is -2.28. The maximum atomic E-state index is 12.3. The van der Waals surface area contributed by atoms with E-state index in [-0.39, 0.29) is 18.7 Å². The third kappa shape index (κ3) is 3.73. The average molecular weight is 320 g/mol. The van der Waals surface area contributed by atoms with E-state index in [0.717, 1.165) is 18.8 Å².